The first-order valence-corrected chi connectivity index (χ1v) is 11.1. The number of esters is 1. The number of ether oxygens (including phenoxy) is 1. The molecule has 30 heavy (non-hydrogen) atoms. The number of furan rings is 1. The van der Waals surface area contributed by atoms with E-state index in [1.54, 1.807) is 6.26 Å². The minimum Gasteiger partial charge on any atom is -0.472 e. The molecule has 166 valence electrons. The van der Waals surface area contributed by atoms with E-state index in [1.165, 1.54) is 29.2 Å². The van der Waals surface area contributed by atoms with E-state index in [0.717, 1.165) is 56.9 Å². The second-order valence-corrected chi connectivity index (χ2v) is 8.27. The Balaban J connectivity index is 2.19. The summed E-state index contributed by atoms with van der Waals surface area (Å²) in [5.41, 5.74) is 6.75. The van der Waals surface area contributed by atoms with Gasteiger partial charge in [0.2, 0.25) is 0 Å². The van der Waals surface area contributed by atoms with Gasteiger partial charge in [-0.3, -0.25) is 4.79 Å². The van der Waals surface area contributed by atoms with Crippen LogP contribution in [0.5, 0.6) is 0 Å². The Hall–Kier alpha value is -2.29. The van der Waals surface area contributed by atoms with Crippen LogP contribution in [0.2, 0.25) is 0 Å². The number of hydrogen-bond donors (Lipinski definition) is 0. The van der Waals surface area contributed by atoms with Crippen LogP contribution in [-0.2, 0) is 16.0 Å². The standard InChI is InChI=1S/C27H40O3/c1-22(11-7-13-24(3)15-9-17-27-18-19-29-21-27)10-6-12-23(2)14-8-16-25(4)20-30-26(5)28/h11-12,15-16,18-19,21H,6-10,13-14,17,20H2,1-5H3/b22-11+,23-12+,24-15+,25-16+. The summed E-state index contributed by atoms with van der Waals surface area (Å²) in [7, 11) is 0. The number of carbonyl (C=O) groups excluding carboxylic acids is 1. The summed E-state index contributed by atoms with van der Waals surface area (Å²) < 4.78 is 10.1. The molecule has 0 unspecified atom stereocenters. The molecule has 0 saturated carbocycles. The summed E-state index contributed by atoms with van der Waals surface area (Å²) >= 11 is 0. The first kappa shape index (κ1) is 25.7. The van der Waals surface area contributed by atoms with Gasteiger partial charge in [-0.25, -0.2) is 0 Å². The van der Waals surface area contributed by atoms with Crippen LogP contribution in [0.1, 0.15) is 85.1 Å². The number of hydrogen-bond acceptors (Lipinski definition) is 3. The molecular weight excluding hydrogens is 372 g/mol. The lowest BCUT2D eigenvalue weighted by Gasteiger charge is -2.04. The Morgan fingerprint density at radius 1 is 0.800 bits per heavy atom. The van der Waals surface area contributed by atoms with Crippen molar-refractivity contribution in [2.24, 2.45) is 0 Å². The van der Waals surface area contributed by atoms with Crippen LogP contribution in [0.3, 0.4) is 0 Å². The van der Waals surface area contributed by atoms with Gasteiger partial charge in [-0.05, 0) is 96.3 Å². The highest BCUT2D eigenvalue weighted by Crippen LogP contribution is 2.14. The van der Waals surface area contributed by atoms with Gasteiger partial charge in [0.15, 0.2) is 0 Å². The Bertz CT molecular complexity index is 730. The van der Waals surface area contributed by atoms with Crippen LogP contribution < -0.4 is 0 Å². The third kappa shape index (κ3) is 13.8. The maximum Gasteiger partial charge on any atom is 0.302 e. The van der Waals surface area contributed by atoms with Gasteiger partial charge in [-0.1, -0.05) is 41.0 Å². The molecule has 0 spiro atoms. The fourth-order valence-electron chi connectivity index (χ4n) is 3.14. The predicted molar refractivity (Wildman–Crippen MR) is 126 cm³/mol. The van der Waals surface area contributed by atoms with E-state index in [2.05, 4.69) is 45.1 Å². The van der Waals surface area contributed by atoms with Crippen molar-refractivity contribution >= 4 is 5.97 Å². The third-order valence-corrected chi connectivity index (χ3v) is 5.10. The second kappa shape index (κ2) is 15.5. The maximum absolute atomic E-state index is 10.8. The minimum atomic E-state index is -0.223. The van der Waals surface area contributed by atoms with Crippen molar-refractivity contribution in [1.29, 1.82) is 0 Å². The van der Waals surface area contributed by atoms with Gasteiger partial charge in [-0.2, -0.15) is 0 Å². The summed E-state index contributed by atoms with van der Waals surface area (Å²) in [6.45, 7) is 10.5. The lowest BCUT2D eigenvalue weighted by Crippen LogP contribution is -2.01. The molecule has 0 radical (unpaired) electrons. The summed E-state index contributed by atoms with van der Waals surface area (Å²) in [6.07, 6.45) is 21.5. The summed E-state index contributed by atoms with van der Waals surface area (Å²) in [6, 6.07) is 2.04. The molecule has 1 aromatic heterocycles. The summed E-state index contributed by atoms with van der Waals surface area (Å²) in [5.74, 6) is -0.223. The first-order valence-electron chi connectivity index (χ1n) is 11.1. The molecule has 1 rings (SSSR count). The van der Waals surface area contributed by atoms with Crippen molar-refractivity contribution in [3.8, 4) is 0 Å². The maximum atomic E-state index is 10.8. The fourth-order valence-corrected chi connectivity index (χ4v) is 3.14. The average molecular weight is 413 g/mol. The molecular formula is C27H40O3. The van der Waals surface area contributed by atoms with Gasteiger partial charge in [0.05, 0.1) is 12.5 Å². The van der Waals surface area contributed by atoms with Crippen LogP contribution in [0.4, 0.5) is 0 Å². The molecule has 3 heteroatoms. The number of allylic oxidation sites excluding steroid dienone is 7. The lowest BCUT2D eigenvalue weighted by atomic mass is 10.0. The molecule has 0 N–H and O–H groups in total. The van der Waals surface area contributed by atoms with Gasteiger partial charge in [0.25, 0.3) is 0 Å². The molecule has 0 aliphatic heterocycles. The van der Waals surface area contributed by atoms with Gasteiger partial charge in [0.1, 0.15) is 6.61 Å². The minimum absolute atomic E-state index is 0.223. The van der Waals surface area contributed by atoms with Crippen LogP contribution in [0.15, 0.2) is 69.6 Å². The zero-order valence-electron chi connectivity index (χ0n) is 19.6. The van der Waals surface area contributed by atoms with Crippen LogP contribution in [0, 0.1) is 0 Å². The molecule has 0 saturated heterocycles. The van der Waals surface area contributed by atoms with Gasteiger partial charge in [0, 0.05) is 6.92 Å². The molecule has 0 bridgehead atoms. The zero-order chi connectivity index (χ0) is 22.2. The predicted octanol–water partition coefficient (Wildman–Crippen LogP) is 7.90. The second-order valence-electron chi connectivity index (χ2n) is 8.27. The van der Waals surface area contributed by atoms with Gasteiger partial charge >= 0.3 is 5.97 Å². The number of rotatable bonds is 14. The third-order valence-electron chi connectivity index (χ3n) is 5.10. The zero-order valence-corrected chi connectivity index (χ0v) is 19.6. The van der Waals surface area contributed by atoms with E-state index in [-0.39, 0.29) is 5.97 Å². The van der Waals surface area contributed by atoms with Crippen LogP contribution in [0.25, 0.3) is 0 Å². The van der Waals surface area contributed by atoms with Crippen molar-refractivity contribution in [2.45, 2.75) is 86.0 Å². The van der Waals surface area contributed by atoms with Crippen LogP contribution >= 0.6 is 0 Å². The molecule has 0 fully saturated rings. The summed E-state index contributed by atoms with van der Waals surface area (Å²) in [4.78, 5) is 10.8. The monoisotopic (exact) mass is 412 g/mol. The fraction of sp³-hybridized carbons (Fsp3) is 0.519. The molecule has 0 aliphatic carbocycles. The number of aryl methyl sites for hydroxylation is 1. The molecule has 3 nitrogen and oxygen atoms in total. The van der Waals surface area contributed by atoms with Crippen molar-refractivity contribution in [1.82, 2.24) is 0 Å². The first-order chi connectivity index (χ1) is 14.4. The Kier molecular flexibility index (Phi) is 13.3. The molecule has 0 atom stereocenters. The molecule has 0 amide bonds. The normalized spacial score (nSPS) is 13.6. The van der Waals surface area contributed by atoms with E-state index in [9.17, 15) is 4.79 Å². The average Bonchev–Trinajstić information content (AvgIpc) is 3.20. The number of carbonyl (C=O) groups is 1. The molecule has 1 heterocycles. The highest BCUT2D eigenvalue weighted by Gasteiger charge is 1.97. The quantitative estimate of drug-likeness (QED) is 0.230. The largest absolute Gasteiger partial charge is 0.472 e. The smallest absolute Gasteiger partial charge is 0.302 e. The van der Waals surface area contributed by atoms with E-state index < -0.39 is 0 Å². The van der Waals surface area contributed by atoms with Crippen LogP contribution in [-0.4, -0.2) is 12.6 Å². The molecule has 0 aliphatic rings. The van der Waals surface area contributed by atoms with Gasteiger partial charge < -0.3 is 9.15 Å². The topological polar surface area (TPSA) is 39.4 Å². The Labute approximate surface area is 183 Å². The lowest BCUT2D eigenvalue weighted by molar-refractivity contribution is -0.139. The van der Waals surface area contributed by atoms with Crippen molar-refractivity contribution in [3.05, 3.63) is 70.8 Å². The highest BCUT2D eigenvalue weighted by molar-refractivity contribution is 5.66. The molecule has 1 aromatic rings. The van der Waals surface area contributed by atoms with E-state index in [1.807, 2.05) is 19.3 Å². The SMILES string of the molecule is CC(=O)OC/C(C)=C/CC/C(C)=C/CC/C(C)=C/CC/C(C)=C/CCc1ccoc1. The van der Waals surface area contributed by atoms with E-state index in [0.29, 0.717) is 6.61 Å². The van der Waals surface area contributed by atoms with E-state index in [4.69, 9.17) is 9.15 Å². The Morgan fingerprint density at radius 2 is 1.30 bits per heavy atom. The highest BCUT2D eigenvalue weighted by atomic mass is 16.5. The Morgan fingerprint density at radius 3 is 1.77 bits per heavy atom. The molecule has 0 aromatic carbocycles. The van der Waals surface area contributed by atoms with Crippen molar-refractivity contribution < 1.29 is 13.9 Å². The van der Waals surface area contributed by atoms with Gasteiger partial charge in [-0.15, -0.1) is 0 Å². The van der Waals surface area contributed by atoms with Crippen molar-refractivity contribution in [2.75, 3.05) is 6.61 Å². The van der Waals surface area contributed by atoms with E-state index >= 15 is 0 Å². The van der Waals surface area contributed by atoms with Crippen molar-refractivity contribution in [3.63, 3.8) is 0 Å². The summed E-state index contributed by atoms with van der Waals surface area (Å²) in [5, 5.41) is 0.